The van der Waals surface area contributed by atoms with E-state index in [-0.39, 0.29) is 25.7 Å². The molecular weight excluding hydrogens is 673 g/mol. The Balaban J connectivity index is 1.83. The SMILES string of the molecule is CCCCCCCCCCCCCCCC(=O)N[C@@H](COP1(=O)OCCO1)[C@@H](CCCCCCCCCCCCCCC)OC(=O)c1ccccc1. The summed E-state index contributed by atoms with van der Waals surface area (Å²) in [7, 11) is -3.70. The van der Waals surface area contributed by atoms with Crippen molar-refractivity contribution < 1.29 is 32.5 Å². The Morgan fingerprint density at radius 2 is 1.06 bits per heavy atom. The van der Waals surface area contributed by atoms with Crippen molar-refractivity contribution in [1.29, 1.82) is 0 Å². The minimum Gasteiger partial charge on any atom is -0.456 e. The number of hydrogen-bond acceptors (Lipinski definition) is 7. The molecule has 1 amide bonds. The molecule has 0 radical (unpaired) electrons. The van der Waals surface area contributed by atoms with E-state index in [1.807, 2.05) is 6.07 Å². The second-order valence-corrected chi connectivity index (χ2v) is 16.6. The topological polar surface area (TPSA) is 100 Å². The van der Waals surface area contributed by atoms with Crippen molar-refractivity contribution in [1.82, 2.24) is 5.32 Å². The van der Waals surface area contributed by atoms with E-state index in [1.54, 1.807) is 24.3 Å². The van der Waals surface area contributed by atoms with Crippen LogP contribution in [0.4, 0.5) is 0 Å². The van der Waals surface area contributed by atoms with Crippen LogP contribution in [0.3, 0.4) is 0 Å². The molecule has 8 nitrogen and oxygen atoms in total. The number of carbonyl (C=O) groups excluding carboxylic acids is 2. The quantitative estimate of drug-likeness (QED) is 0.0419. The minimum atomic E-state index is -3.70. The molecule has 2 atom stereocenters. The summed E-state index contributed by atoms with van der Waals surface area (Å²) in [4.78, 5) is 26.5. The molecule has 0 bridgehead atoms. The van der Waals surface area contributed by atoms with Gasteiger partial charge >= 0.3 is 13.8 Å². The maximum atomic E-state index is 13.2. The number of benzene rings is 1. The third-order valence-electron chi connectivity index (χ3n) is 10.2. The predicted octanol–water partition coefficient (Wildman–Crippen LogP) is 12.8. The van der Waals surface area contributed by atoms with Crippen LogP contribution in [-0.4, -0.2) is 43.8 Å². The maximum Gasteiger partial charge on any atom is 0.475 e. The Bertz CT molecular complexity index is 1050. The van der Waals surface area contributed by atoms with Crippen LogP contribution in [0.1, 0.15) is 204 Å². The molecule has 0 aromatic heterocycles. The van der Waals surface area contributed by atoms with Crippen molar-refractivity contribution in [2.75, 3.05) is 19.8 Å². The van der Waals surface area contributed by atoms with Gasteiger partial charge in [0.2, 0.25) is 5.91 Å². The standard InChI is InChI=1S/C43H76NO7P/c1-3-5-7-9-11-13-15-17-19-21-23-25-30-34-41(51-43(46)39-32-28-27-29-33-39)40(38-50-52(47)48-36-37-49-52)44-42(45)35-31-26-24-22-20-18-16-14-12-10-8-6-4-2/h27-29,32-33,40-41H,3-26,30-31,34-38H2,1-2H3,(H,44,45)/t40-,41+/m0/s1. The van der Waals surface area contributed by atoms with Crippen molar-refractivity contribution in [3.8, 4) is 0 Å². The van der Waals surface area contributed by atoms with Gasteiger partial charge in [0.25, 0.3) is 0 Å². The average molecular weight is 750 g/mol. The highest BCUT2D eigenvalue weighted by Gasteiger charge is 2.36. The van der Waals surface area contributed by atoms with Crippen molar-refractivity contribution >= 4 is 19.7 Å². The third kappa shape index (κ3) is 23.8. The molecule has 1 aromatic carbocycles. The first-order valence-corrected chi connectivity index (χ1v) is 23.0. The van der Waals surface area contributed by atoms with Gasteiger partial charge in [-0.1, -0.05) is 186 Å². The monoisotopic (exact) mass is 750 g/mol. The molecule has 300 valence electrons. The van der Waals surface area contributed by atoms with Gasteiger partial charge in [-0.3, -0.25) is 18.4 Å². The van der Waals surface area contributed by atoms with E-state index in [9.17, 15) is 14.2 Å². The maximum absolute atomic E-state index is 13.2. The van der Waals surface area contributed by atoms with Crippen molar-refractivity contribution in [2.45, 2.75) is 206 Å². The van der Waals surface area contributed by atoms with Gasteiger partial charge in [-0.2, -0.15) is 0 Å². The van der Waals surface area contributed by atoms with E-state index in [0.717, 1.165) is 38.5 Å². The Morgan fingerprint density at radius 3 is 1.52 bits per heavy atom. The summed E-state index contributed by atoms with van der Waals surface area (Å²) in [6.07, 6.45) is 32.6. The molecule has 1 aromatic rings. The van der Waals surface area contributed by atoms with Crippen LogP contribution in [0.25, 0.3) is 0 Å². The smallest absolute Gasteiger partial charge is 0.456 e. The van der Waals surface area contributed by atoms with Crippen LogP contribution >= 0.6 is 7.82 Å². The van der Waals surface area contributed by atoms with Gasteiger partial charge in [-0.05, 0) is 31.4 Å². The number of carbonyl (C=O) groups is 2. The summed E-state index contributed by atoms with van der Waals surface area (Å²) >= 11 is 0. The van der Waals surface area contributed by atoms with Crippen LogP contribution in [0, 0.1) is 0 Å². The number of rotatable bonds is 35. The summed E-state index contributed by atoms with van der Waals surface area (Å²) in [5.41, 5.74) is 0.450. The fourth-order valence-corrected chi connectivity index (χ4v) is 8.05. The van der Waals surface area contributed by atoms with Crippen LogP contribution in [-0.2, 0) is 27.7 Å². The molecule has 2 rings (SSSR count). The second-order valence-electron chi connectivity index (χ2n) is 14.9. The Morgan fingerprint density at radius 1 is 0.635 bits per heavy atom. The zero-order chi connectivity index (χ0) is 37.4. The Labute approximate surface area is 318 Å². The largest absolute Gasteiger partial charge is 0.475 e. The first-order valence-electron chi connectivity index (χ1n) is 21.6. The summed E-state index contributed by atoms with van der Waals surface area (Å²) in [6.45, 7) is 4.77. The number of amides is 1. The second kappa shape index (κ2) is 31.6. The molecule has 0 unspecified atom stereocenters. The molecule has 1 aliphatic heterocycles. The lowest BCUT2D eigenvalue weighted by atomic mass is 10.0. The van der Waals surface area contributed by atoms with E-state index in [4.69, 9.17) is 18.3 Å². The minimum absolute atomic E-state index is 0.116. The van der Waals surface area contributed by atoms with Crippen LogP contribution in [0.2, 0.25) is 0 Å². The van der Waals surface area contributed by atoms with Crippen LogP contribution in [0.5, 0.6) is 0 Å². The van der Waals surface area contributed by atoms with Crippen molar-refractivity contribution in [3.05, 3.63) is 35.9 Å². The molecule has 1 aliphatic rings. The number of phosphoric acid groups is 1. The lowest BCUT2D eigenvalue weighted by molar-refractivity contribution is -0.123. The number of unbranched alkanes of at least 4 members (excludes halogenated alkanes) is 24. The molecule has 0 saturated carbocycles. The van der Waals surface area contributed by atoms with Crippen LogP contribution < -0.4 is 5.32 Å². The lowest BCUT2D eigenvalue weighted by Crippen LogP contribution is -2.48. The lowest BCUT2D eigenvalue weighted by Gasteiger charge is -2.28. The summed E-state index contributed by atoms with van der Waals surface area (Å²) in [6, 6.07) is 8.23. The normalized spacial score (nSPS) is 15.0. The Hall–Kier alpha value is -1.73. The fraction of sp³-hybridized carbons (Fsp3) is 0.814. The first kappa shape index (κ1) is 46.4. The molecule has 1 heterocycles. The van der Waals surface area contributed by atoms with Gasteiger partial charge in [0.15, 0.2) is 0 Å². The van der Waals surface area contributed by atoms with Crippen molar-refractivity contribution in [3.63, 3.8) is 0 Å². The first-order chi connectivity index (χ1) is 25.5. The average Bonchev–Trinajstić information content (AvgIpc) is 3.60. The van der Waals surface area contributed by atoms with Gasteiger partial charge < -0.3 is 10.1 Å². The van der Waals surface area contributed by atoms with E-state index in [1.165, 1.54) is 128 Å². The van der Waals surface area contributed by atoms with Gasteiger partial charge in [-0.15, -0.1) is 0 Å². The third-order valence-corrected chi connectivity index (χ3v) is 11.6. The van der Waals surface area contributed by atoms with Gasteiger partial charge in [0, 0.05) is 6.42 Å². The van der Waals surface area contributed by atoms with Gasteiger partial charge in [0.1, 0.15) is 6.10 Å². The highest BCUT2D eigenvalue weighted by molar-refractivity contribution is 7.48. The number of ether oxygens (including phenoxy) is 1. The highest BCUT2D eigenvalue weighted by Crippen LogP contribution is 2.52. The predicted molar refractivity (Wildman–Crippen MR) is 214 cm³/mol. The molecule has 0 aliphatic carbocycles. The number of nitrogens with one attached hydrogen (secondary N) is 1. The van der Waals surface area contributed by atoms with E-state index in [0.29, 0.717) is 18.4 Å². The van der Waals surface area contributed by atoms with E-state index >= 15 is 0 Å². The summed E-state index contributed by atoms with van der Waals surface area (Å²) < 4.78 is 35.1. The van der Waals surface area contributed by atoms with Gasteiger partial charge in [-0.25, -0.2) is 9.36 Å². The van der Waals surface area contributed by atoms with Crippen molar-refractivity contribution in [2.24, 2.45) is 0 Å². The Kier molecular flexibility index (Phi) is 28.2. The number of hydrogen-bond donors (Lipinski definition) is 1. The summed E-state index contributed by atoms with van der Waals surface area (Å²) in [5, 5.41) is 3.08. The molecule has 1 fully saturated rings. The fourth-order valence-electron chi connectivity index (χ4n) is 6.89. The zero-order valence-corrected chi connectivity index (χ0v) is 34.2. The van der Waals surface area contributed by atoms with Crippen LogP contribution in [0.15, 0.2) is 30.3 Å². The van der Waals surface area contributed by atoms with Gasteiger partial charge in [0.05, 0.1) is 31.4 Å². The molecule has 1 N–H and O–H groups in total. The zero-order valence-electron chi connectivity index (χ0n) is 33.3. The molecule has 1 saturated heterocycles. The summed E-state index contributed by atoms with van der Waals surface area (Å²) in [5.74, 6) is -0.564. The molecule has 52 heavy (non-hydrogen) atoms. The van der Waals surface area contributed by atoms with E-state index in [2.05, 4.69) is 19.2 Å². The number of phosphoric ester groups is 1. The molecular formula is C43H76NO7P. The van der Waals surface area contributed by atoms with E-state index < -0.39 is 25.9 Å². The molecule has 0 spiro atoms. The highest BCUT2D eigenvalue weighted by atomic mass is 31.2. The number of esters is 1. The molecule has 9 heteroatoms.